The SMILES string of the molecule is O[C@H]1CC[C@H](Nc2nc(Nc3ccccc3)ncc2-c2ccc(-c3ccccc3)cn2)CC1. The van der Waals surface area contributed by atoms with Gasteiger partial charge in [0, 0.05) is 29.7 Å². The number of para-hydroxylation sites is 1. The molecule has 166 valence electrons. The van der Waals surface area contributed by atoms with E-state index in [9.17, 15) is 5.11 Å². The van der Waals surface area contributed by atoms with E-state index in [1.807, 2.05) is 67.0 Å². The topological polar surface area (TPSA) is 83.0 Å². The predicted octanol–water partition coefficient (Wildman–Crippen LogP) is 5.66. The van der Waals surface area contributed by atoms with Crippen molar-refractivity contribution in [3.8, 4) is 22.4 Å². The van der Waals surface area contributed by atoms with Gasteiger partial charge in [-0.2, -0.15) is 4.98 Å². The first-order valence-corrected chi connectivity index (χ1v) is 11.4. The van der Waals surface area contributed by atoms with E-state index in [4.69, 9.17) is 9.97 Å². The molecule has 3 N–H and O–H groups in total. The molecule has 0 amide bonds. The monoisotopic (exact) mass is 437 g/mol. The molecule has 6 heteroatoms. The average Bonchev–Trinajstić information content (AvgIpc) is 2.87. The smallest absolute Gasteiger partial charge is 0.229 e. The van der Waals surface area contributed by atoms with Gasteiger partial charge in [0.05, 0.1) is 17.4 Å². The summed E-state index contributed by atoms with van der Waals surface area (Å²) in [4.78, 5) is 14.1. The Balaban J connectivity index is 1.44. The Morgan fingerprint density at radius 1 is 0.727 bits per heavy atom. The van der Waals surface area contributed by atoms with Crippen LogP contribution in [0.15, 0.2) is 85.2 Å². The number of anilines is 3. The highest BCUT2D eigenvalue weighted by atomic mass is 16.3. The van der Waals surface area contributed by atoms with Crippen molar-refractivity contribution in [1.82, 2.24) is 15.0 Å². The van der Waals surface area contributed by atoms with Gasteiger partial charge in [-0.3, -0.25) is 4.98 Å². The van der Waals surface area contributed by atoms with Crippen LogP contribution in [0.2, 0.25) is 0 Å². The highest BCUT2D eigenvalue weighted by Gasteiger charge is 2.21. The number of pyridine rings is 1. The van der Waals surface area contributed by atoms with E-state index < -0.39 is 0 Å². The molecular weight excluding hydrogens is 410 g/mol. The second-order valence-electron chi connectivity index (χ2n) is 8.39. The third kappa shape index (κ3) is 5.18. The van der Waals surface area contributed by atoms with Gasteiger partial charge in [0.2, 0.25) is 5.95 Å². The maximum Gasteiger partial charge on any atom is 0.229 e. The number of hydrogen-bond acceptors (Lipinski definition) is 6. The van der Waals surface area contributed by atoms with Crippen LogP contribution in [0.25, 0.3) is 22.4 Å². The number of aliphatic hydroxyl groups excluding tert-OH is 1. The second-order valence-corrected chi connectivity index (χ2v) is 8.39. The van der Waals surface area contributed by atoms with Crippen LogP contribution in [-0.4, -0.2) is 32.2 Å². The summed E-state index contributed by atoms with van der Waals surface area (Å²) >= 11 is 0. The van der Waals surface area contributed by atoms with Gasteiger partial charge in [-0.05, 0) is 49.4 Å². The highest BCUT2D eigenvalue weighted by molar-refractivity contribution is 5.75. The molecule has 0 radical (unpaired) electrons. The molecule has 33 heavy (non-hydrogen) atoms. The number of hydrogen-bond donors (Lipinski definition) is 3. The molecule has 6 nitrogen and oxygen atoms in total. The van der Waals surface area contributed by atoms with Crippen LogP contribution in [0.5, 0.6) is 0 Å². The van der Waals surface area contributed by atoms with Crippen LogP contribution in [-0.2, 0) is 0 Å². The first-order valence-electron chi connectivity index (χ1n) is 11.4. The van der Waals surface area contributed by atoms with E-state index >= 15 is 0 Å². The summed E-state index contributed by atoms with van der Waals surface area (Å²) in [6.07, 6.45) is 6.94. The van der Waals surface area contributed by atoms with Gasteiger partial charge in [0.25, 0.3) is 0 Å². The highest BCUT2D eigenvalue weighted by Crippen LogP contribution is 2.30. The Morgan fingerprint density at radius 2 is 1.45 bits per heavy atom. The number of aliphatic hydroxyl groups is 1. The number of benzene rings is 2. The fourth-order valence-electron chi connectivity index (χ4n) is 4.16. The van der Waals surface area contributed by atoms with E-state index in [2.05, 4.69) is 33.8 Å². The van der Waals surface area contributed by atoms with Gasteiger partial charge < -0.3 is 15.7 Å². The molecule has 1 aliphatic rings. The van der Waals surface area contributed by atoms with E-state index in [0.717, 1.165) is 59.6 Å². The number of nitrogens with zero attached hydrogens (tertiary/aromatic N) is 3. The number of nitrogens with one attached hydrogen (secondary N) is 2. The molecule has 1 saturated carbocycles. The second kappa shape index (κ2) is 9.79. The summed E-state index contributed by atoms with van der Waals surface area (Å²) in [6, 6.07) is 24.5. The number of rotatable bonds is 6. The minimum Gasteiger partial charge on any atom is -0.393 e. The molecule has 4 aromatic rings. The fraction of sp³-hybridized carbons (Fsp3) is 0.222. The molecule has 0 unspecified atom stereocenters. The van der Waals surface area contributed by atoms with Gasteiger partial charge in [-0.25, -0.2) is 4.98 Å². The summed E-state index contributed by atoms with van der Waals surface area (Å²) in [6.45, 7) is 0. The fourth-order valence-corrected chi connectivity index (χ4v) is 4.16. The molecule has 1 aliphatic carbocycles. The predicted molar refractivity (Wildman–Crippen MR) is 132 cm³/mol. The summed E-state index contributed by atoms with van der Waals surface area (Å²) in [7, 11) is 0. The Labute approximate surface area is 193 Å². The largest absolute Gasteiger partial charge is 0.393 e. The van der Waals surface area contributed by atoms with Crippen molar-refractivity contribution in [3.63, 3.8) is 0 Å². The summed E-state index contributed by atoms with van der Waals surface area (Å²) in [5.74, 6) is 1.29. The van der Waals surface area contributed by atoms with E-state index in [1.165, 1.54) is 0 Å². The third-order valence-electron chi connectivity index (χ3n) is 6.00. The molecule has 2 aromatic carbocycles. The van der Waals surface area contributed by atoms with Crippen molar-refractivity contribution < 1.29 is 5.11 Å². The van der Waals surface area contributed by atoms with Gasteiger partial charge >= 0.3 is 0 Å². The lowest BCUT2D eigenvalue weighted by molar-refractivity contribution is 0.126. The molecule has 0 spiro atoms. The average molecular weight is 438 g/mol. The molecule has 2 heterocycles. The van der Waals surface area contributed by atoms with Crippen LogP contribution < -0.4 is 10.6 Å². The van der Waals surface area contributed by atoms with Crippen molar-refractivity contribution in [2.75, 3.05) is 10.6 Å². The van der Waals surface area contributed by atoms with Gasteiger partial charge in [-0.1, -0.05) is 54.6 Å². The lowest BCUT2D eigenvalue weighted by atomic mass is 9.93. The van der Waals surface area contributed by atoms with Gasteiger partial charge in [0.1, 0.15) is 5.82 Å². The third-order valence-corrected chi connectivity index (χ3v) is 6.00. The summed E-state index contributed by atoms with van der Waals surface area (Å²) < 4.78 is 0. The first kappa shape index (κ1) is 21.1. The van der Waals surface area contributed by atoms with Crippen molar-refractivity contribution in [2.45, 2.75) is 37.8 Å². The maximum atomic E-state index is 9.88. The minimum absolute atomic E-state index is 0.199. The molecule has 0 saturated heterocycles. The van der Waals surface area contributed by atoms with E-state index in [0.29, 0.717) is 5.95 Å². The molecule has 0 aliphatic heterocycles. The van der Waals surface area contributed by atoms with Crippen molar-refractivity contribution in [2.24, 2.45) is 0 Å². The zero-order valence-electron chi connectivity index (χ0n) is 18.4. The Bertz CT molecular complexity index is 1170. The van der Waals surface area contributed by atoms with Crippen LogP contribution in [0.3, 0.4) is 0 Å². The van der Waals surface area contributed by atoms with Crippen molar-refractivity contribution in [3.05, 3.63) is 85.2 Å². The van der Waals surface area contributed by atoms with E-state index in [1.54, 1.807) is 0 Å². The minimum atomic E-state index is -0.199. The molecule has 1 fully saturated rings. The molecule has 5 rings (SSSR count). The Kier molecular flexibility index (Phi) is 6.26. The zero-order valence-corrected chi connectivity index (χ0v) is 18.4. The molecule has 0 bridgehead atoms. The normalized spacial score (nSPS) is 18.0. The Morgan fingerprint density at radius 3 is 2.15 bits per heavy atom. The first-order chi connectivity index (χ1) is 16.2. The van der Waals surface area contributed by atoms with Gasteiger partial charge in [0.15, 0.2) is 0 Å². The lowest BCUT2D eigenvalue weighted by Crippen LogP contribution is -2.29. The molecule has 2 aromatic heterocycles. The van der Waals surface area contributed by atoms with Crippen LogP contribution in [0, 0.1) is 0 Å². The number of aromatic nitrogens is 3. The van der Waals surface area contributed by atoms with Gasteiger partial charge in [-0.15, -0.1) is 0 Å². The van der Waals surface area contributed by atoms with Crippen LogP contribution in [0.1, 0.15) is 25.7 Å². The van der Waals surface area contributed by atoms with Crippen molar-refractivity contribution in [1.29, 1.82) is 0 Å². The Hall–Kier alpha value is -3.77. The summed E-state index contributed by atoms with van der Waals surface area (Å²) in [5, 5.41) is 16.8. The van der Waals surface area contributed by atoms with Crippen molar-refractivity contribution >= 4 is 17.5 Å². The van der Waals surface area contributed by atoms with Crippen LogP contribution >= 0.6 is 0 Å². The molecular formula is C27H27N5O. The van der Waals surface area contributed by atoms with E-state index in [-0.39, 0.29) is 12.1 Å². The summed E-state index contributed by atoms with van der Waals surface area (Å²) in [5.41, 5.74) is 4.81. The van der Waals surface area contributed by atoms with Crippen LogP contribution in [0.4, 0.5) is 17.5 Å². The quantitative estimate of drug-likeness (QED) is 0.361. The maximum absolute atomic E-state index is 9.88. The molecule has 0 atom stereocenters. The lowest BCUT2D eigenvalue weighted by Gasteiger charge is -2.27. The standard InChI is InChI=1S/C27H27N5O/c33-23-14-12-22(13-15-23)30-26-24(18-29-27(32-26)31-21-9-5-2-6-10-21)25-16-11-20(17-28-25)19-7-3-1-4-8-19/h1-11,16-18,22-23,33H,12-15H2,(H2,29,30,31,32)/t22-,23-. The zero-order chi connectivity index (χ0) is 22.5.